The molecule has 0 spiro atoms. The van der Waals surface area contributed by atoms with Gasteiger partial charge in [0.25, 0.3) is 0 Å². The third kappa shape index (κ3) is 4.94. The van der Waals surface area contributed by atoms with Crippen LogP contribution in [0.5, 0.6) is 11.5 Å². The third-order valence-electron chi connectivity index (χ3n) is 2.49. The fourth-order valence-corrected chi connectivity index (χ4v) is 1.61. The summed E-state index contributed by atoms with van der Waals surface area (Å²) < 4.78 is 16.3. The molecule has 0 fully saturated rings. The van der Waals surface area contributed by atoms with Crippen molar-refractivity contribution in [2.75, 3.05) is 33.5 Å². The van der Waals surface area contributed by atoms with Gasteiger partial charge in [0.05, 0.1) is 13.7 Å². The van der Waals surface area contributed by atoms with Crippen molar-refractivity contribution in [1.29, 1.82) is 0 Å². The van der Waals surface area contributed by atoms with E-state index in [1.807, 2.05) is 18.2 Å². The molecule has 18 heavy (non-hydrogen) atoms. The molecule has 102 valence electrons. The molecular formula is C14H23NO3. The SMILES string of the molecule is CCCOCCOc1cc(CCN)ccc1OC. The number of ether oxygens (including phenoxy) is 3. The van der Waals surface area contributed by atoms with E-state index in [9.17, 15) is 0 Å². The van der Waals surface area contributed by atoms with E-state index in [-0.39, 0.29) is 0 Å². The Morgan fingerprint density at radius 1 is 1.11 bits per heavy atom. The summed E-state index contributed by atoms with van der Waals surface area (Å²) in [6.45, 7) is 4.61. The highest BCUT2D eigenvalue weighted by molar-refractivity contribution is 5.43. The lowest BCUT2D eigenvalue weighted by molar-refractivity contribution is 0.0995. The van der Waals surface area contributed by atoms with Crippen molar-refractivity contribution in [3.63, 3.8) is 0 Å². The lowest BCUT2D eigenvalue weighted by Crippen LogP contribution is -2.08. The average molecular weight is 253 g/mol. The molecule has 0 bridgehead atoms. The summed E-state index contributed by atoms with van der Waals surface area (Å²) in [5.41, 5.74) is 6.70. The van der Waals surface area contributed by atoms with Crippen LogP contribution in [0.2, 0.25) is 0 Å². The van der Waals surface area contributed by atoms with Crippen molar-refractivity contribution in [2.45, 2.75) is 19.8 Å². The molecule has 4 heteroatoms. The average Bonchev–Trinajstić information content (AvgIpc) is 2.39. The van der Waals surface area contributed by atoms with Crippen LogP contribution < -0.4 is 15.2 Å². The Morgan fingerprint density at radius 2 is 1.94 bits per heavy atom. The largest absolute Gasteiger partial charge is 0.493 e. The smallest absolute Gasteiger partial charge is 0.161 e. The summed E-state index contributed by atoms with van der Waals surface area (Å²) in [6, 6.07) is 5.89. The standard InChI is InChI=1S/C14H23NO3/c1-3-8-17-9-10-18-14-11-12(6-7-15)4-5-13(14)16-2/h4-5,11H,3,6-10,15H2,1-2H3. The molecule has 1 aromatic rings. The van der Waals surface area contributed by atoms with Gasteiger partial charge >= 0.3 is 0 Å². The highest BCUT2D eigenvalue weighted by Gasteiger charge is 2.05. The quantitative estimate of drug-likeness (QED) is 0.684. The summed E-state index contributed by atoms with van der Waals surface area (Å²) in [5.74, 6) is 1.50. The van der Waals surface area contributed by atoms with Crippen LogP contribution in [-0.2, 0) is 11.2 Å². The molecule has 1 rings (SSSR count). The second kappa shape index (κ2) is 8.78. The Kier molecular flexibility index (Phi) is 7.22. The maximum Gasteiger partial charge on any atom is 0.161 e. The molecular weight excluding hydrogens is 230 g/mol. The molecule has 1 aromatic carbocycles. The molecule has 0 amide bonds. The Morgan fingerprint density at radius 3 is 2.61 bits per heavy atom. The molecule has 0 unspecified atom stereocenters. The monoisotopic (exact) mass is 253 g/mol. The fraction of sp³-hybridized carbons (Fsp3) is 0.571. The zero-order chi connectivity index (χ0) is 13.2. The van der Waals surface area contributed by atoms with E-state index in [1.165, 1.54) is 0 Å². The Bertz CT molecular complexity index is 342. The Hall–Kier alpha value is -1.26. The van der Waals surface area contributed by atoms with E-state index in [0.717, 1.165) is 36.5 Å². The number of rotatable bonds is 9. The lowest BCUT2D eigenvalue weighted by Gasteiger charge is -2.12. The fourth-order valence-electron chi connectivity index (χ4n) is 1.61. The summed E-state index contributed by atoms with van der Waals surface area (Å²) >= 11 is 0. The zero-order valence-corrected chi connectivity index (χ0v) is 11.3. The highest BCUT2D eigenvalue weighted by Crippen LogP contribution is 2.28. The first kappa shape index (κ1) is 14.8. The first-order valence-electron chi connectivity index (χ1n) is 6.39. The molecule has 0 aliphatic heterocycles. The number of hydrogen-bond donors (Lipinski definition) is 1. The van der Waals surface area contributed by atoms with E-state index in [2.05, 4.69) is 6.92 Å². The van der Waals surface area contributed by atoms with Crippen molar-refractivity contribution in [3.05, 3.63) is 23.8 Å². The minimum absolute atomic E-state index is 0.530. The van der Waals surface area contributed by atoms with Gasteiger partial charge in [-0.1, -0.05) is 13.0 Å². The van der Waals surface area contributed by atoms with E-state index >= 15 is 0 Å². The summed E-state index contributed by atoms with van der Waals surface area (Å²) in [5, 5.41) is 0. The lowest BCUT2D eigenvalue weighted by atomic mass is 10.1. The second-order valence-electron chi connectivity index (χ2n) is 3.98. The van der Waals surface area contributed by atoms with Crippen LogP contribution in [0.4, 0.5) is 0 Å². The van der Waals surface area contributed by atoms with Gasteiger partial charge < -0.3 is 19.9 Å². The predicted molar refractivity (Wildman–Crippen MR) is 72.4 cm³/mol. The highest BCUT2D eigenvalue weighted by atomic mass is 16.5. The summed E-state index contributed by atoms with van der Waals surface area (Å²) in [4.78, 5) is 0. The van der Waals surface area contributed by atoms with E-state index in [1.54, 1.807) is 7.11 Å². The van der Waals surface area contributed by atoms with Crippen LogP contribution in [0.1, 0.15) is 18.9 Å². The molecule has 0 aliphatic carbocycles. The van der Waals surface area contributed by atoms with Gasteiger partial charge in [-0.2, -0.15) is 0 Å². The molecule has 2 N–H and O–H groups in total. The molecule has 0 atom stereocenters. The number of hydrogen-bond acceptors (Lipinski definition) is 4. The third-order valence-corrected chi connectivity index (χ3v) is 2.49. The van der Waals surface area contributed by atoms with Crippen LogP contribution in [0.3, 0.4) is 0 Å². The van der Waals surface area contributed by atoms with Crippen molar-refractivity contribution < 1.29 is 14.2 Å². The van der Waals surface area contributed by atoms with Crippen LogP contribution in [0, 0.1) is 0 Å². The van der Waals surface area contributed by atoms with Crippen LogP contribution >= 0.6 is 0 Å². The van der Waals surface area contributed by atoms with Gasteiger partial charge in [0.2, 0.25) is 0 Å². The molecule has 0 aliphatic rings. The van der Waals surface area contributed by atoms with Crippen molar-refractivity contribution >= 4 is 0 Å². The number of methoxy groups -OCH3 is 1. The first-order chi connectivity index (χ1) is 8.81. The van der Waals surface area contributed by atoms with Crippen molar-refractivity contribution in [3.8, 4) is 11.5 Å². The maximum atomic E-state index is 5.67. The van der Waals surface area contributed by atoms with E-state index < -0.39 is 0 Å². The minimum Gasteiger partial charge on any atom is -0.493 e. The first-order valence-corrected chi connectivity index (χ1v) is 6.39. The van der Waals surface area contributed by atoms with Gasteiger partial charge in [-0.15, -0.1) is 0 Å². The minimum atomic E-state index is 0.530. The molecule has 0 aromatic heterocycles. The van der Waals surface area contributed by atoms with E-state index in [0.29, 0.717) is 19.8 Å². The van der Waals surface area contributed by atoms with Crippen molar-refractivity contribution in [1.82, 2.24) is 0 Å². The van der Waals surface area contributed by atoms with Crippen LogP contribution in [-0.4, -0.2) is 33.5 Å². The summed E-state index contributed by atoms with van der Waals surface area (Å²) in [7, 11) is 1.64. The molecule has 4 nitrogen and oxygen atoms in total. The molecule has 0 saturated heterocycles. The van der Waals surface area contributed by atoms with Gasteiger partial charge in [-0.25, -0.2) is 0 Å². The summed E-state index contributed by atoms with van der Waals surface area (Å²) in [6.07, 6.45) is 1.86. The van der Waals surface area contributed by atoms with Gasteiger partial charge in [-0.05, 0) is 37.1 Å². The zero-order valence-electron chi connectivity index (χ0n) is 11.3. The van der Waals surface area contributed by atoms with E-state index in [4.69, 9.17) is 19.9 Å². The Balaban J connectivity index is 2.52. The van der Waals surface area contributed by atoms with Crippen LogP contribution in [0.15, 0.2) is 18.2 Å². The Labute approximate surface area is 109 Å². The van der Waals surface area contributed by atoms with Crippen molar-refractivity contribution in [2.24, 2.45) is 5.73 Å². The topological polar surface area (TPSA) is 53.7 Å². The second-order valence-corrected chi connectivity index (χ2v) is 3.98. The molecule has 0 heterocycles. The predicted octanol–water partition coefficient (Wildman–Crippen LogP) is 2.00. The number of benzene rings is 1. The molecule has 0 radical (unpaired) electrons. The van der Waals surface area contributed by atoms with Gasteiger partial charge in [0.15, 0.2) is 11.5 Å². The number of nitrogens with two attached hydrogens (primary N) is 1. The van der Waals surface area contributed by atoms with Gasteiger partial charge in [-0.3, -0.25) is 0 Å². The van der Waals surface area contributed by atoms with Gasteiger partial charge in [0.1, 0.15) is 6.61 Å². The van der Waals surface area contributed by atoms with Crippen LogP contribution in [0.25, 0.3) is 0 Å². The maximum absolute atomic E-state index is 5.67. The normalized spacial score (nSPS) is 10.4. The van der Waals surface area contributed by atoms with Gasteiger partial charge in [0, 0.05) is 6.61 Å². The molecule has 0 saturated carbocycles.